The summed E-state index contributed by atoms with van der Waals surface area (Å²) in [6.45, 7) is 7.37. The van der Waals surface area contributed by atoms with Gasteiger partial charge in [0.05, 0.1) is 0 Å². The van der Waals surface area contributed by atoms with Gasteiger partial charge in [0, 0.05) is 25.8 Å². The fraction of sp³-hybridized carbons (Fsp3) is 0.667. The summed E-state index contributed by atoms with van der Waals surface area (Å²) in [7, 11) is 0. The van der Waals surface area contributed by atoms with Gasteiger partial charge in [-0.05, 0) is 45.6 Å². The molecule has 7 heteroatoms. The molecule has 1 aliphatic heterocycles. The highest BCUT2D eigenvalue weighted by atomic mass is 35.5. The number of rotatable bonds is 2. The quantitative estimate of drug-likeness (QED) is 0.837. The third-order valence-electron chi connectivity index (χ3n) is 3.56. The van der Waals surface area contributed by atoms with Gasteiger partial charge in [-0.3, -0.25) is 4.79 Å². The number of likely N-dealkylation sites (tertiary alicyclic amines) is 1. The molecule has 2 rings (SSSR count). The number of halogens is 1. The van der Waals surface area contributed by atoms with Gasteiger partial charge in [-0.25, -0.2) is 9.48 Å². The van der Waals surface area contributed by atoms with Gasteiger partial charge in [0.2, 0.25) is 0 Å². The number of ether oxygens (including phenoxy) is 1. The molecule has 122 valence electrons. The Morgan fingerprint density at radius 2 is 2.05 bits per heavy atom. The van der Waals surface area contributed by atoms with Crippen LogP contribution in [-0.2, 0) is 11.3 Å². The average Bonchev–Trinajstić information content (AvgIpc) is 2.43. The van der Waals surface area contributed by atoms with Crippen molar-refractivity contribution in [1.82, 2.24) is 14.7 Å². The molecular formula is C15H22ClN3O3. The molecule has 0 aliphatic carbocycles. The third kappa shape index (κ3) is 4.47. The predicted octanol–water partition coefficient (Wildman–Crippen LogP) is 2.54. The molecule has 0 aromatic carbocycles. The number of carbonyl (C=O) groups is 1. The minimum atomic E-state index is -0.480. The Bertz CT molecular complexity index is 586. The zero-order valence-electron chi connectivity index (χ0n) is 13.2. The summed E-state index contributed by atoms with van der Waals surface area (Å²) < 4.78 is 6.77. The van der Waals surface area contributed by atoms with E-state index in [1.807, 2.05) is 20.8 Å². The van der Waals surface area contributed by atoms with Gasteiger partial charge in [-0.15, -0.1) is 0 Å². The molecule has 0 bridgehead atoms. The van der Waals surface area contributed by atoms with Crippen LogP contribution in [0.1, 0.15) is 33.6 Å². The minimum absolute atomic E-state index is 0.182. The van der Waals surface area contributed by atoms with Gasteiger partial charge < -0.3 is 9.64 Å². The van der Waals surface area contributed by atoms with Crippen molar-refractivity contribution in [2.24, 2.45) is 5.92 Å². The number of carbonyl (C=O) groups excluding carboxylic acids is 1. The Morgan fingerprint density at radius 3 is 2.64 bits per heavy atom. The lowest BCUT2D eigenvalue weighted by Crippen LogP contribution is -2.42. The highest BCUT2D eigenvalue weighted by Crippen LogP contribution is 2.20. The van der Waals surface area contributed by atoms with Crippen molar-refractivity contribution >= 4 is 17.7 Å². The summed E-state index contributed by atoms with van der Waals surface area (Å²) in [6, 6.07) is 1.49. The first kappa shape index (κ1) is 16.8. The topological polar surface area (TPSA) is 64.4 Å². The van der Waals surface area contributed by atoms with E-state index in [2.05, 4.69) is 5.10 Å². The van der Waals surface area contributed by atoms with E-state index in [1.165, 1.54) is 16.9 Å². The highest BCUT2D eigenvalue weighted by Gasteiger charge is 2.27. The molecule has 0 N–H and O–H groups in total. The van der Waals surface area contributed by atoms with Crippen LogP contribution in [0.15, 0.2) is 17.1 Å². The maximum atomic E-state index is 12.0. The summed E-state index contributed by atoms with van der Waals surface area (Å²) in [5.74, 6) is 0.308. The molecule has 1 aliphatic rings. The highest BCUT2D eigenvalue weighted by molar-refractivity contribution is 6.30. The zero-order chi connectivity index (χ0) is 16.3. The van der Waals surface area contributed by atoms with Gasteiger partial charge >= 0.3 is 6.09 Å². The molecule has 0 saturated carbocycles. The number of hydrogen-bond donors (Lipinski definition) is 0. The van der Waals surface area contributed by atoms with Crippen molar-refractivity contribution in [3.63, 3.8) is 0 Å². The van der Waals surface area contributed by atoms with Gasteiger partial charge in [-0.2, -0.15) is 5.10 Å². The fourth-order valence-corrected chi connectivity index (χ4v) is 2.58. The predicted molar refractivity (Wildman–Crippen MR) is 84.0 cm³/mol. The van der Waals surface area contributed by atoms with Crippen LogP contribution in [0.4, 0.5) is 4.79 Å². The first-order valence-electron chi connectivity index (χ1n) is 7.46. The standard InChI is InChI=1S/C15H22ClN3O3/c1-15(2,3)22-14(21)18-8-5-11(6-9-18)10-19-13(20)12(16)4-7-17-19/h4,7,11H,5-6,8-10H2,1-3H3. The molecule has 2 heterocycles. The summed E-state index contributed by atoms with van der Waals surface area (Å²) in [6.07, 6.45) is 2.89. The summed E-state index contributed by atoms with van der Waals surface area (Å²) in [5, 5.41) is 4.23. The Morgan fingerprint density at radius 1 is 1.41 bits per heavy atom. The molecule has 1 fully saturated rings. The molecule has 1 aromatic rings. The van der Waals surface area contributed by atoms with E-state index in [9.17, 15) is 9.59 Å². The molecule has 6 nitrogen and oxygen atoms in total. The van der Waals surface area contributed by atoms with Crippen molar-refractivity contribution in [2.45, 2.75) is 45.8 Å². The number of amides is 1. The first-order valence-corrected chi connectivity index (χ1v) is 7.83. The van der Waals surface area contributed by atoms with E-state index >= 15 is 0 Å². The van der Waals surface area contributed by atoms with Crippen LogP contribution in [0.3, 0.4) is 0 Å². The number of aromatic nitrogens is 2. The van der Waals surface area contributed by atoms with Crippen LogP contribution >= 0.6 is 11.6 Å². The summed E-state index contributed by atoms with van der Waals surface area (Å²) >= 11 is 5.81. The van der Waals surface area contributed by atoms with E-state index in [0.29, 0.717) is 25.6 Å². The second-order valence-corrected chi connectivity index (χ2v) is 6.98. The van der Waals surface area contributed by atoms with Crippen molar-refractivity contribution in [2.75, 3.05) is 13.1 Å². The van der Waals surface area contributed by atoms with Crippen molar-refractivity contribution < 1.29 is 9.53 Å². The molecule has 1 aromatic heterocycles. The van der Waals surface area contributed by atoms with Crippen LogP contribution in [0.25, 0.3) is 0 Å². The second kappa shape index (κ2) is 6.69. The van der Waals surface area contributed by atoms with Crippen LogP contribution < -0.4 is 5.56 Å². The van der Waals surface area contributed by atoms with Gasteiger partial charge in [-0.1, -0.05) is 11.6 Å². The molecule has 0 unspecified atom stereocenters. The van der Waals surface area contributed by atoms with Gasteiger partial charge in [0.25, 0.3) is 5.56 Å². The van der Waals surface area contributed by atoms with Crippen LogP contribution in [0.2, 0.25) is 5.02 Å². The summed E-state index contributed by atoms with van der Waals surface area (Å²) in [5.41, 5.74) is -0.745. The summed E-state index contributed by atoms with van der Waals surface area (Å²) in [4.78, 5) is 25.6. The van der Waals surface area contributed by atoms with Crippen molar-refractivity contribution in [3.8, 4) is 0 Å². The SMILES string of the molecule is CC(C)(C)OC(=O)N1CCC(Cn2nccc(Cl)c2=O)CC1. The second-order valence-electron chi connectivity index (χ2n) is 6.58. The lowest BCUT2D eigenvalue weighted by Gasteiger charge is -2.33. The minimum Gasteiger partial charge on any atom is -0.444 e. The fourth-order valence-electron chi connectivity index (χ4n) is 2.43. The van der Waals surface area contributed by atoms with Gasteiger partial charge in [0.15, 0.2) is 0 Å². The maximum Gasteiger partial charge on any atom is 0.410 e. The molecule has 1 amide bonds. The smallest absolute Gasteiger partial charge is 0.410 e. The molecule has 22 heavy (non-hydrogen) atoms. The number of hydrogen-bond acceptors (Lipinski definition) is 4. The average molecular weight is 328 g/mol. The Labute approximate surface area is 135 Å². The largest absolute Gasteiger partial charge is 0.444 e. The monoisotopic (exact) mass is 327 g/mol. The van der Waals surface area contributed by atoms with Crippen LogP contribution in [0, 0.1) is 5.92 Å². The van der Waals surface area contributed by atoms with E-state index < -0.39 is 5.60 Å². The molecule has 0 spiro atoms. The molecular weight excluding hydrogens is 306 g/mol. The first-order chi connectivity index (χ1) is 10.3. The van der Waals surface area contributed by atoms with Crippen LogP contribution in [-0.4, -0.2) is 39.5 Å². The number of nitrogens with zero attached hydrogens (tertiary/aromatic N) is 3. The Balaban J connectivity index is 1.89. The van der Waals surface area contributed by atoms with E-state index in [-0.39, 0.29) is 16.7 Å². The van der Waals surface area contributed by atoms with Crippen molar-refractivity contribution in [1.29, 1.82) is 0 Å². The third-order valence-corrected chi connectivity index (χ3v) is 3.85. The Hall–Kier alpha value is -1.56. The van der Waals surface area contributed by atoms with E-state index in [0.717, 1.165) is 12.8 Å². The maximum absolute atomic E-state index is 12.0. The lowest BCUT2D eigenvalue weighted by molar-refractivity contribution is 0.0176. The zero-order valence-corrected chi connectivity index (χ0v) is 14.0. The van der Waals surface area contributed by atoms with Gasteiger partial charge in [0.1, 0.15) is 10.6 Å². The van der Waals surface area contributed by atoms with Crippen molar-refractivity contribution in [3.05, 3.63) is 27.6 Å². The molecule has 0 atom stereocenters. The number of piperidine rings is 1. The molecule has 1 saturated heterocycles. The van der Waals surface area contributed by atoms with E-state index in [1.54, 1.807) is 4.90 Å². The van der Waals surface area contributed by atoms with Crippen LogP contribution in [0.5, 0.6) is 0 Å². The molecule has 0 radical (unpaired) electrons. The Kier molecular flexibility index (Phi) is 5.11. The normalized spacial score (nSPS) is 16.6. The van der Waals surface area contributed by atoms with E-state index in [4.69, 9.17) is 16.3 Å². The lowest BCUT2D eigenvalue weighted by atomic mass is 9.97.